The first-order chi connectivity index (χ1) is 9.33. The number of aryl methyl sites for hydroxylation is 1. The summed E-state index contributed by atoms with van der Waals surface area (Å²) in [7, 11) is 2.04. The molecule has 0 amide bonds. The molecule has 19 heavy (non-hydrogen) atoms. The molecular weight excluding hydrogens is 236 g/mol. The van der Waals surface area contributed by atoms with Gasteiger partial charge >= 0.3 is 0 Å². The Morgan fingerprint density at radius 3 is 2.74 bits per heavy atom. The van der Waals surface area contributed by atoms with Crippen LogP contribution in [0.2, 0.25) is 0 Å². The Balaban J connectivity index is 1.75. The molecule has 1 aliphatic heterocycles. The molecule has 0 aromatic carbocycles. The molecule has 0 N–H and O–H groups in total. The number of anilines is 1. The molecule has 3 heteroatoms. The first-order valence-corrected chi connectivity index (χ1v) is 6.80. The first kappa shape index (κ1) is 12.0. The van der Waals surface area contributed by atoms with Gasteiger partial charge < -0.3 is 9.32 Å². The number of furan rings is 1. The lowest BCUT2D eigenvalue weighted by molar-refractivity contribution is -0.673. The van der Waals surface area contributed by atoms with E-state index >= 15 is 0 Å². The third-order valence-electron chi connectivity index (χ3n) is 3.54. The van der Waals surface area contributed by atoms with E-state index in [1.807, 2.05) is 37.5 Å². The minimum absolute atomic E-state index is 0.908. The van der Waals surface area contributed by atoms with E-state index in [1.54, 1.807) is 0 Å². The van der Waals surface area contributed by atoms with Crippen LogP contribution in [0.4, 0.5) is 5.88 Å². The van der Waals surface area contributed by atoms with E-state index in [1.165, 1.54) is 12.8 Å². The normalized spacial score (nSPS) is 15.5. The largest absolute Gasteiger partial charge is 0.441 e. The van der Waals surface area contributed by atoms with E-state index in [9.17, 15) is 0 Å². The lowest BCUT2D eigenvalue weighted by Gasteiger charge is -2.12. The van der Waals surface area contributed by atoms with E-state index in [2.05, 4.69) is 27.7 Å². The van der Waals surface area contributed by atoms with Crippen LogP contribution in [-0.2, 0) is 7.05 Å². The van der Waals surface area contributed by atoms with Gasteiger partial charge in [-0.3, -0.25) is 0 Å². The Hall–Kier alpha value is -2.03. The van der Waals surface area contributed by atoms with E-state index < -0.39 is 0 Å². The lowest BCUT2D eigenvalue weighted by Crippen LogP contribution is -2.30. The molecule has 0 atom stereocenters. The zero-order valence-electron chi connectivity index (χ0n) is 11.2. The van der Waals surface area contributed by atoms with Gasteiger partial charge in [0.1, 0.15) is 12.8 Å². The molecule has 3 heterocycles. The maximum atomic E-state index is 5.86. The van der Waals surface area contributed by atoms with Gasteiger partial charge in [-0.2, -0.15) is 0 Å². The summed E-state index contributed by atoms with van der Waals surface area (Å²) in [6.45, 7) is 2.23. The molecule has 0 aliphatic carbocycles. The molecular formula is C16H19N2O+. The van der Waals surface area contributed by atoms with Crippen LogP contribution in [0.15, 0.2) is 40.9 Å². The Kier molecular flexibility index (Phi) is 3.36. The summed E-state index contributed by atoms with van der Waals surface area (Å²) in [6, 6.07) is 10.2. The van der Waals surface area contributed by atoms with Gasteiger partial charge in [-0.25, -0.2) is 4.57 Å². The molecule has 1 fully saturated rings. The lowest BCUT2D eigenvalue weighted by atomic mass is 10.3. The highest BCUT2D eigenvalue weighted by atomic mass is 16.4. The minimum Gasteiger partial charge on any atom is -0.441 e. The first-order valence-electron chi connectivity index (χ1n) is 6.80. The number of aromatic nitrogens is 1. The van der Waals surface area contributed by atoms with Crippen molar-refractivity contribution in [3.05, 3.63) is 48.0 Å². The smallest absolute Gasteiger partial charge is 0.205 e. The fourth-order valence-electron chi connectivity index (χ4n) is 2.42. The van der Waals surface area contributed by atoms with Gasteiger partial charge in [-0.15, -0.1) is 0 Å². The Labute approximate surface area is 113 Å². The number of nitrogens with zero attached hydrogens (tertiary/aromatic N) is 2. The highest BCUT2D eigenvalue weighted by Crippen LogP contribution is 2.23. The van der Waals surface area contributed by atoms with Gasteiger partial charge in [0.2, 0.25) is 5.69 Å². The summed E-state index contributed by atoms with van der Waals surface area (Å²) in [5.74, 6) is 1.90. The average molecular weight is 255 g/mol. The van der Waals surface area contributed by atoms with Crippen LogP contribution in [0.3, 0.4) is 0 Å². The standard InChI is InChI=1S/C16H19N2O/c1-17-11-3-2-6-14(17)7-8-15-9-10-16(19-15)18-12-4-5-13-18/h2-3,6-11H,4-5,12-13H2,1H3/q+1. The van der Waals surface area contributed by atoms with Crippen LogP contribution in [0, 0.1) is 0 Å². The number of pyridine rings is 1. The highest BCUT2D eigenvalue weighted by molar-refractivity contribution is 5.65. The van der Waals surface area contributed by atoms with Crippen molar-refractivity contribution >= 4 is 18.0 Å². The SMILES string of the molecule is C[n+]1ccccc1/C=C/c1ccc(N2CCCC2)o1. The summed E-state index contributed by atoms with van der Waals surface area (Å²) >= 11 is 0. The van der Waals surface area contributed by atoms with Crippen molar-refractivity contribution in [3.8, 4) is 0 Å². The molecule has 3 rings (SSSR count). The maximum absolute atomic E-state index is 5.86. The molecule has 0 spiro atoms. The fraction of sp³-hybridized carbons (Fsp3) is 0.312. The third kappa shape index (κ3) is 2.70. The van der Waals surface area contributed by atoms with Gasteiger partial charge in [-0.05, 0) is 31.1 Å². The van der Waals surface area contributed by atoms with Crippen molar-refractivity contribution in [1.82, 2.24) is 0 Å². The summed E-state index contributed by atoms with van der Waals surface area (Å²) in [5, 5.41) is 0. The van der Waals surface area contributed by atoms with E-state index in [4.69, 9.17) is 4.42 Å². The predicted octanol–water partition coefficient (Wildman–Crippen LogP) is 2.87. The molecule has 0 radical (unpaired) electrons. The number of hydrogen-bond acceptors (Lipinski definition) is 2. The molecule has 0 bridgehead atoms. The van der Waals surface area contributed by atoms with E-state index in [0.717, 1.165) is 30.4 Å². The van der Waals surface area contributed by atoms with Crippen molar-refractivity contribution in [3.63, 3.8) is 0 Å². The second-order valence-corrected chi connectivity index (χ2v) is 4.94. The van der Waals surface area contributed by atoms with Gasteiger partial charge in [0.15, 0.2) is 12.1 Å². The van der Waals surface area contributed by atoms with Gasteiger partial charge in [0.05, 0.1) is 0 Å². The second kappa shape index (κ2) is 5.31. The van der Waals surface area contributed by atoms with Crippen LogP contribution in [-0.4, -0.2) is 13.1 Å². The molecule has 0 unspecified atom stereocenters. The quantitative estimate of drug-likeness (QED) is 0.786. The Morgan fingerprint density at radius 1 is 1.11 bits per heavy atom. The van der Waals surface area contributed by atoms with Gasteiger partial charge in [-0.1, -0.05) is 0 Å². The molecule has 1 saturated heterocycles. The minimum atomic E-state index is 0.908. The predicted molar refractivity (Wildman–Crippen MR) is 76.7 cm³/mol. The zero-order chi connectivity index (χ0) is 13.1. The van der Waals surface area contributed by atoms with Crippen LogP contribution >= 0.6 is 0 Å². The fourth-order valence-corrected chi connectivity index (χ4v) is 2.42. The molecule has 2 aromatic rings. The van der Waals surface area contributed by atoms with Crippen LogP contribution in [0.1, 0.15) is 24.3 Å². The van der Waals surface area contributed by atoms with Crippen molar-refractivity contribution in [1.29, 1.82) is 0 Å². The number of rotatable bonds is 3. The highest BCUT2D eigenvalue weighted by Gasteiger charge is 2.14. The molecule has 2 aromatic heterocycles. The van der Waals surface area contributed by atoms with Crippen LogP contribution in [0.5, 0.6) is 0 Å². The van der Waals surface area contributed by atoms with Crippen molar-refractivity contribution < 1.29 is 8.98 Å². The van der Waals surface area contributed by atoms with Gasteiger partial charge in [0.25, 0.3) is 0 Å². The molecule has 0 saturated carbocycles. The van der Waals surface area contributed by atoms with Crippen molar-refractivity contribution in [2.24, 2.45) is 7.05 Å². The number of hydrogen-bond donors (Lipinski definition) is 0. The summed E-state index contributed by atoms with van der Waals surface area (Å²) in [6.07, 6.45) is 8.68. The summed E-state index contributed by atoms with van der Waals surface area (Å²) < 4.78 is 7.94. The van der Waals surface area contributed by atoms with E-state index in [-0.39, 0.29) is 0 Å². The second-order valence-electron chi connectivity index (χ2n) is 4.94. The molecule has 3 nitrogen and oxygen atoms in total. The maximum Gasteiger partial charge on any atom is 0.205 e. The monoisotopic (exact) mass is 255 g/mol. The van der Waals surface area contributed by atoms with E-state index in [0.29, 0.717) is 0 Å². The summed E-state index contributed by atoms with van der Waals surface area (Å²) in [5.41, 5.74) is 1.15. The average Bonchev–Trinajstić information content (AvgIpc) is 3.09. The summed E-state index contributed by atoms with van der Waals surface area (Å²) in [4.78, 5) is 2.31. The van der Waals surface area contributed by atoms with Crippen molar-refractivity contribution in [2.45, 2.75) is 12.8 Å². The molecule has 98 valence electrons. The zero-order valence-corrected chi connectivity index (χ0v) is 11.2. The Morgan fingerprint density at radius 2 is 1.95 bits per heavy atom. The van der Waals surface area contributed by atoms with Crippen LogP contribution in [0.25, 0.3) is 12.2 Å². The third-order valence-corrected chi connectivity index (χ3v) is 3.54. The van der Waals surface area contributed by atoms with Gasteiger partial charge in [0, 0.05) is 37.4 Å². The Bertz CT molecular complexity index is 580. The van der Waals surface area contributed by atoms with Crippen molar-refractivity contribution in [2.75, 3.05) is 18.0 Å². The topological polar surface area (TPSA) is 20.3 Å². The van der Waals surface area contributed by atoms with Crippen LogP contribution < -0.4 is 9.47 Å². The molecule has 1 aliphatic rings.